The van der Waals surface area contributed by atoms with Crippen molar-refractivity contribution in [2.75, 3.05) is 27.2 Å². The van der Waals surface area contributed by atoms with Gasteiger partial charge in [0, 0.05) is 12.1 Å². The molecule has 0 fully saturated rings. The Kier molecular flexibility index (Phi) is 5.75. The molecule has 18 heavy (non-hydrogen) atoms. The minimum Gasteiger partial charge on any atom is -0.496 e. The van der Waals surface area contributed by atoms with Crippen molar-refractivity contribution in [3.63, 3.8) is 0 Å². The summed E-state index contributed by atoms with van der Waals surface area (Å²) >= 11 is 0. The second-order valence-electron chi connectivity index (χ2n) is 3.96. The predicted molar refractivity (Wildman–Crippen MR) is 71.2 cm³/mol. The van der Waals surface area contributed by atoms with Gasteiger partial charge in [-0.25, -0.2) is 0 Å². The van der Waals surface area contributed by atoms with E-state index in [-0.39, 0.29) is 12.5 Å². The molecule has 1 N–H and O–H groups in total. The van der Waals surface area contributed by atoms with Crippen molar-refractivity contribution in [3.8, 4) is 18.1 Å². The number of methoxy groups -OCH3 is 1. The molecule has 4 nitrogen and oxygen atoms in total. The molecule has 0 aliphatic rings. The van der Waals surface area contributed by atoms with Crippen LogP contribution >= 0.6 is 0 Å². The number of carbonyl (C=O) groups is 1. The van der Waals surface area contributed by atoms with Crippen molar-refractivity contribution in [1.82, 2.24) is 10.2 Å². The van der Waals surface area contributed by atoms with Gasteiger partial charge in [-0.1, -0.05) is 24.1 Å². The average molecular weight is 246 g/mol. The number of benzene rings is 1. The first-order valence-electron chi connectivity index (χ1n) is 5.68. The summed E-state index contributed by atoms with van der Waals surface area (Å²) in [5, 5.41) is 2.63. The van der Waals surface area contributed by atoms with E-state index >= 15 is 0 Å². The molecule has 1 rings (SSSR count). The second-order valence-corrected chi connectivity index (χ2v) is 3.96. The van der Waals surface area contributed by atoms with Crippen LogP contribution in [0.2, 0.25) is 0 Å². The van der Waals surface area contributed by atoms with Crippen molar-refractivity contribution in [1.29, 1.82) is 0 Å². The number of para-hydroxylation sites is 1. The van der Waals surface area contributed by atoms with Crippen LogP contribution < -0.4 is 10.1 Å². The van der Waals surface area contributed by atoms with Gasteiger partial charge in [0.15, 0.2) is 0 Å². The van der Waals surface area contributed by atoms with E-state index in [1.807, 2.05) is 36.2 Å². The Balaban J connectivity index is 2.51. The Bertz CT molecular complexity index is 438. The van der Waals surface area contributed by atoms with E-state index in [9.17, 15) is 4.79 Å². The lowest BCUT2D eigenvalue weighted by Crippen LogP contribution is -2.35. The molecule has 0 unspecified atom stereocenters. The molecule has 0 bridgehead atoms. The Labute approximate surface area is 108 Å². The number of rotatable bonds is 6. The molecule has 0 aliphatic carbocycles. The molecule has 0 aromatic heterocycles. The summed E-state index contributed by atoms with van der Waals surface area (Å²) in [6.45, 7) is 1.22. The third-order valence-electron chi connectivity index (χ3n) is 2.43. The Morgan fingerprint density at radius 1 is 1.50 bits per heavy atom. The Morgan fingerprint density at radius 2 is 2.22 bits per heavy atom. The van der Waals surface area contributed by atoms with Gasteiger partial charge in [0.05, 0.1) is 20.2 Å². The van der Waals surface area contributed by atoms with E-state index in [2.05, 4.69) is 11.2 Å². The van der Waals surface area contributed by atoms with E-state index in [1.54, 1.807) is 7.11 Å². The predicted octanol–water partition coefficient (Wildman–Crippen LogP) is 0.876. The number of ether oxygens (including phenoxy) is 1. The van der Waals surface area contributed by atoms with Gasteiger partial charge in [-0.3, -0.25) is 9.69 Å². The van der Waals surface area contributed by atoms with Gasteiger partial charge >= 0.3 is 0 Å². The summed E-state index contributed by atoms with van der Waals surface area (Å²) in [6, 6.07) is 7.75. The highest BCUT2D eigenvalue weighted by Gasteiger charge is 2.08. The smallest absolute Gasteiger partial charge is 0.234 e. The average Bonchev–Trinajstić information content (AvgIpc) is 2.36. The van der Waals surface area contributed by atoms with Crippen LogP contribution in [0, 0.1) is 12.3 Å². The summed E-state index contributed by atoms with van der Waals surface area (Å²) in [5.41, 5.74) is 1.05. The van der Waals surface area contributed by atoms with Crippen LogP contribution in [0.25, 0.3) is 0 Å². The topological polar surface area (TPSA) is 41.6 Å². The zero-order valence-electron chi connectivity index (χ0n) is 10.8. The van der Waals surface area contributed by atoms with Crippen LogP contribution in [0.15, 0.2) is 24.3 Å². The molecule has 0 heterocycles. The fourth-order valence-electron chi connectivity index (χ4n) is 1.63. The van der Waals surface area contributed by atoms with Crippen molar-refractivity contribution >= 4 is 5.91 Å². The zero-order valence-corrected chi connectivity index (χ0v) is 10.8. The maximum absolute atomic E-state index is 11.5. The molecular weight excluding hydrogens is 228 g/mol. The lowest BCUT2D eigenvalue weighted by atomic mass is 10.2. The zero-order chi connectivity index (χ0) is 13.4. The van der Waals surface area contributed by atoms with Crippen LogP contribution in [-0.4, -0.2) is 38.1 Å². The second kappa shape index (κ2) is 7.36. The molecule has 0 saturated heterocycles. The Morgan fingerprint density at radius 3 is 2.89 bits per heavy atom. The maximum atomic E-state index is 11.5. The molecule has 1 amide bonds. The van der Waals surface area contributed by atoms with E-state index in [0.717, 1.165) is 11.3 Å². The van der Waals surface area contributed by atoms with Gasteiger partial charge in [-0.05, 0) is 13.1 Å². The fourth-order valence-corrected chi connectivity index (χ4v) is 1.63. The first-order valence-corrected chi connectivity index (χ1v) is 5.68. The van der Waals surface area contributed by atoms with Gasteiger partial charge in [-0.15, -0.1) is 6.42 Å². The first kappa shape index (κ1) is 14.1. The van der Waals surface area contributed by atoms with E-state index in [0.29, 0.717) is 13.1 Å². The molecule has 4 heteroatoms. The monoisotopic (exact) mass is 246 g/mol. The number of terminal acetylenes is 1. The van der Waals surface area contributed by atoms with E-state index < -0.39 is 0 Å². The summed E-state index contributed by atoms with van der Waals surface area (Å²) in [5.74, 6) is 3.12. The SMILES string of the molecule is C#CCNC(=O)CN(C)Cc1ccccc1OC. The van der Waals surface area contributed by atoms with Crippen LogP contribution in [-0.2, 0) is 11.3 Å². The summed E-state index contributed by atoms with van der Waals surface area (Å²) < 4.78 is 5.26. The van der Waals surface area contributed by atoms with Crippen LogP contribution in [0.3, 0.4) is 0 Å². The number of nitrogens with zero attached hydrogens (tertiary/aromatic N) is 1. The highest BCUT2D eigenvalue weighted by atomic mass is 16.5. The number of amides is 1. The number of nitrogens with one attached hydrogen (secondary N) is 1. The highest BCUT2D eigenvalue weighted by molar-refractivity contribution is 5.78. The fraction of sp³-hybridized carbons (Fsp3) is 0.357. The summed E-state index contributed by atoms with van der Waals surface area (Å²) in [7, 11) is 3.51. The molecule has 1 aromatic rings. The molecule has 0 saturated carbocycles. The van der Waals surface area contributed by atoms with Crippen molar-refractivity contribution in [2.45, 2.75) is 6.54 Å². The summed E-state index contributed by atoms with van der Waals surface area (Å²) in [6.07, 6.45) is 5.07. The Hall–Kier alpha value is -1.99. The number of hydrogen-bond donors (Lipinski definition) is 1. The number of likely N-dealkylation sites (N-methyl/N-ethyl adjacent to an activating group) is 1. The van der Waals surface area contributed by atoms with Crippen molar-refractivity contribution in [2.24, 2.45) is 0 Å². The molecule has 0 aliphatic heterocycles. The lowest BCUT2D eigenvalue weighted by molar-refractivity contribution is -0.121. The van der Waals surface area contributed by atoms with Gasteiger partial charge < -0.3 is 10.1 Å². The number of carbonyl (C=O) groups excluding carboxylic acids is 1. The molecule has 1 aromatic carbocycles. The quantitative estimate of drug-likeness (QED) is 0.758. The van der Waals surface area contributed by atoms with Gasteiger partial charge in [0.25, 0.3) is 0 Å². The highest BCUT2D eigenvalue weighted by Crippen LogP contribution is 2.18. The molecule has 0 radical (unpaired) electrons. The first-order chi connectivity index (χ1) is 8.67. The van der Waals surface area contributed by atoms with Crippen LogP contribution in [0.4, 0.5) is 0 Å². The minimum atomic E-state index is -0.0784. The number of hydrogen-bond acceptors (Lipinski definition) is 3. The van der Waals surface area contributed by atoms with Gasteiger partial charge in [-0.2, -0.15) is 0 Å². The van der Waals surface area contributed by atoms with E-state index in [4.69, 9.17) is 11.2 Å². The van der Waals surface area contributed by atoms with Crippen molar-refractivity contribution < 1.29 is 9.53 Å². The van der Waals surface area contributed by atoms with Crippen LogP contribution in [0.1, 0.15) is 5.56 Å². The minimum absolute atomic E-state index is 0.0784. The molecule has 0 spiro atoms. The largest absolute Gasteiger partial charge is 0.496 e. The summed E-state index contributed by atoms with van der Waals surface area (Å²) in [4.78, 5) is 13.4. The third-order valence-corrected chi connectivity index (χ3v) is 2.43. The van der Waals surface area contributed by atoms with Gasteiger partial charge in [0.2, 0.25) is 5.91 Å². The molecule has 96 valence electrons. The molecular formula is C14H18N2O2. The normalized spacial score (nSPS) is 9.89. The van der Waals surface area contributed by atoms with Gasteiger partial charge in [0.1, 0.15) is 5.75 Å². The standard InChI is InChI=1S/C14H18N2O2/c1-4-9-15-14(17)11-16(2)10-12-7-5-6-8-13(12)18-3/h1,5-8H,9-11H2,2-3H3,(H,15,17). The van der Waals surface area contributed by atoms with Crippen molar-refractivity contribution in [3.05, 3.63) is 29.8 Å². The lowest BCUT2D eigenvalue weighted by Gasteiger charge is -2.17. The molecule has 0 atom stereocenters. The van der Waals surface area contributed by atoms with E-state index in [1.165, 1.54) is 0 Å². The maximum Gasteiger partial charge on any atom is 0.234 e. The third kappa shape index (κ3) is 4.48. The van der Waals surface area contributed by atoms with Crippen LogP contribution in [0.5, 0.6) is 5.75 Å².